The number of rotatable bonds is 5. The van der Waals surface area contributed by atoms with Crippen LogP contribution in [0.5, 0.6) is 0 Å². The Balaban J connectivity index is 1.61. The van der Waals surface area contributed by atoms with Gasteiger partial charge in [-0.25, -0.2) is 8.42 Å². The molecule has 168 valence electrons. The van der Waals surface area contributed by atoms with Crippen LogP contribution in [0.15, 0.2) is 53.4 Å². The Morgan fingerprint density at radius 2 is 1.71 bits per heavy atom. The van der Waals surface area contributed by atoms with Gasteiger partial charge in [-0.05, 0) is 53.6 Å². The lowest BCUT2D eigenvalue weighted by molar-refractivity contribution is -0.135. The molecule has 0 aliphatic carbocycles. The van der Waals surface area contributed by atoms with Crippen molar-refractivity contribution >= 4 is 27.5 Å². The Bertz CT molecular complexity index is 1020. The fraction of sp³-hybridized carbons (Fsp3) is 0.458. The van der Waals surface area contributed by atoms with E-state index in [0.29, 0.717) is 42.4 Å². The molecule has 7 heteroatoms. The normalized spacial score (nSPS) is 16.3. The average molecular weight is 463 g/mol. The molecule has 0 bridgehead atoms. The topological polar surface area (TPSA) is 57.7 Å². The summed E-state index contributed by atoms with van der Waals surface area (Å²) >= 11 is 6.03. The monoisotopic (exact) mass is 462 g/mol. The van der Waals surface area contributed by atoms with Crippen molar-refractivity contribution in [1.82, 2.24) is 9.21 Å². The summed E-state index contributed by atoms with van der Waals surface area (Å²) in [6, 6.07) is 14.6. The number of nitrogens with zero attached hydrogens (tertiary/aromatic N) is 2. The third-order valence-corrected chi connectivity index (χ3v) is 7.99. The number of sulfonamides is 1. The molecule has 3 rings (SSSR count). The molecule has 0 aromatic heterocycles. The Hall–Kier alpha value is -1.89. The zero-order valence-corrected chi connectivity index (χ0v) is 20.2. The van der Waals surface area contributed by atoms with E-state index in [2.05, 4.69) is 20.8 Å². The van der Waals surface area contributed by atoms with Crippen molar-refractivity contribution in [2.75, 3.05) is 20.1 Å². The van der Waals surface area contributed by atoms with E-state index in [1.807, 2.05) is 30.3 Å². The molecule has 2 aromatic rings. The molecule has 0 atom stereocenters. The SMILES string of the molecule is CN(Cc1cccc(Cl)c1)C(=O)C1CCN(S(=O)(=O)c2ccc(C(C)(C)C)cc2)CC1. The highest BCUT2D eigenvalue weighted by Crippen LogP contribution is 2.28. The molecule has 1 heterocycles. The fourth-order valence-electron chi connectivity index (χ4n) is 3.92. The molecule has 0 spiro atoms. The second-order valence-electron chi connectivity index (χ2n) is 9.28. The predicted molar refractivity (Wildman–Crippen MR) is 125 cm³/mol. The maximum atomic E-state index is 13.0. The predicted octanol–water partition coefficient (Wildman–Crippen LogP) is 4.70. The lowest BCUT2D eigenvalue weighted by atomic mass is 9.87. The third kappa shape index (κ3) is 5.68. The van der Waals surface area contributed by atoms with Crippen molar-refractivity contribution < 1.29 is 13.2 Å². The molecular weight excluding hydrogens is 432 g/mol. The van der Waals surface area contributed by atoms with Crippen molar-refractivity contribution in [3.8, 4) is 0 Å². The van der Waals surface area contributed by atoms with Gasteiger partial charge in [0, 0.05) is 37.6 Å². The number of hydrogen-bond donors (Lipinski definition) is 0. The van der Waals surface area contributed by atoms with E-state index in [-0.39, 0.29) is 17.2 Å². The Morgan fingerprint density at radius 1 is 1.10 bits per heavy atom. The molecule has 5 nitrogen and oxygen atoms in total. The van der Waals surface area contributed by atoms with Gasteiger partial charge >= 0.3 is 0 Å². The lowest BCUT2D eigenvalue weighted by Gasteiger charge is -2.32. The number of benzene rings is 2. The smallest absolute Gasteiger partial charge is 0.243 e. The first kappa shape index (κ1) is 23.8. The number of carbonyl (C=O) groups is 1. The number of carbonyl (C=O) groups excluding carboxylic acids is 1. The highest BCUT2D eigenvalue weighted by Gasteiger charge is 2.33. The zero-order chi connectivity index (χ0) is 22.8. The van der Waals surface area contributed by atoms with E-state index in [4.69, 9.17) is 11.6 Å². The van der Waals surface area contributed by atoms with Gasteiger partial charge in [-0.2, -0.15) is 4.31 Å². The first-order valence-electron chi connectivity index (χ1n) is 10.6. The summed E-state index contributed by atoms with van der Waals surface area (Å²) in [5.74, 6) is -0.120. The number of piperidine rings is 1. The number of halogens is 1. The summed E-state index contributed by atoms with van der Waals surface area (Å²) in [7, 11) is -1.77. The average Bonchev–Trinajstić information content (AvgIpc) is 2.73. The maximum absolute atomic E-state index is 13.0. The summed E-state index contributed by atoms with van der Waals surface area (Å²) in [6.07, 6.45) is 1.05. The standard InChI is InChI=1S/C24H31ClN2O3S/c1-24(2,3)20-8-10-22(11-9-20)31(29,30)27-14-12-19(13-15-27)23(28)26(4)17-18-6-5-7-21(25)16-18/h5-11,16,19H,12-15,17H2,1-4H3. The van der Waals surface area contributed by atoms with Gasteiger partial charge in [-0.3, -0.25) is 4.79 Å². The molecule has 2 aromatic carbocycles. The summed E-state index contributed by atoms with van der Waals surface area (Å²) in [5, 5.41) is 0.646. The lowest BCUT2D eigenvalue weighted by Crippen LogP contribution is -2.43. The van der Waals surface area contributed by atoms with Crippen LogP contribution in [0.3, 0.4) is 0 Å². The van der Waals surface area contributed by atoms with Crippen molar-refractivity contribution in [1.29, 1.82) is 0 Å². The van der Waals surface area contributed by atoms with Crippen LogP contribution in [0.25, 0.3) is 0 Å². The van der Waals surface area contributed by atoms with Gasteiger partial charge in [-0.1, -0.05) is 56.6 Å². The summed E-state index contributed by atoms with van der Waals surface area (Å²) in [5.41, 5.74) is 2.04. The minimum Gasteiger partial charge on any atom is -0.341 e. The van der Waals surface area contributed by atoms with Gasteiger partial charge in [0.05, 0.1) is 4.90 Å². The third-order valence-electron chi connectivity index (χ3n) is 5.85. The molecule has 1 aliphatic rings. The molecule has 1 aliphatic heterocycles. The molecule has 0 N–H and O–H groups in total. The second-order valence-corrected chi connectivity index (χ2v) is 11.7. The molecule has 0 saturated carbocycles. The van der Waals surface area contributed by atoms with E-state index in [1.54, 1.807) is 30.1 Å². The van der Waals surface area contributed by atoms with E-state index in [9.17, 15) is 13.2 Å². The summed E-state index contributed by atoms with van der Waals surface area (Å²) in [6.45, 7) is 7.48. The number of hydrogen-bond acceptors (Lipinski definition) is 3. The molecule has 1 saturated heterocycles. The molecule has 0 unspecified atom stereocenters. The van der Waals surface area contributed by atoms with Gasteiger partial charge in [0.2, 0.25) is 15.9 Å². The van der Waals surface area contributed by atoms with Crippen LogP contribution < -0.4 is 0 Å². The van der Waals surface area contributed by atoms with Crippen LogP contribution in [0.2, 0.25) is 5.02 Å². The van der Waals surface area contributed by atoms with Gasteiger partial charge in [0.1, 0.15) is 0 Å². The van der Waals surface area contributed by atoms with Crippen molar-refractivity contribution in [2.24, 2.45) is 5.92 Å². The maximum Gasteiger partial charge on any atom is 0.243 e. The molecule has 1 fully saturated rings. The quantitative estimate of drug-likeness (QED) is 0.647. The van der Waals surface area contributed by atoms with Crippen LogP contribution in [-0.4, -0.2) is 43.7 Å². The molecule has 31 heavy (non-hydrogen) atoms. The zero-order valence-electron chi connectivity index (χ0n) is 18.6. The molecule has 1 amide bonds. The van der Waals surface area contributed by atoms with Crippen molar-refractivity contribution in [2.45, 2.75) is 50.5 Å². The largest absolute Gasteiger partial charge is 0.341 e. The van der Waals surface area contributed by atoms with Gasteiger partial charge in [0.15, 0.2) is 0 Å². The summed E-state index contributed by atoms with van der Waals surface area (Å²) < 4.78 is 27.6. The minimum absolute atomic E-state index is 0.0297. The Labute approximate surface area is 191 Å². The van der Waals surface area contributed by atoms with Crippen molar-refractivity contribution in [3.63, 3.8) is 0 Å². The molecular formula is C24H31ClN2O3S. The fourth-order valence-corrected chi connectivity index (χ4v) is 5.60. The van der Waals surface area contributed by atoms with Crippen LogP contribution >= 0.6 is 11.6 Å². The van der Waals surface area contributed by atoms with E-state index < -0.39 is 10.0 Å². The highest BCUT2D eigenvalue weighted by atomic mass is 35.5. The van der Waals surface area contributed by atoms with Gasteiger partial charge in [0.25, 0.3) is 0 Å². The summed E-state index contributed by atoms with van der Waals surface area (Å²) in [4.78, 5) is 14.9. The minimum atomic E-state index is -3.55. The van der Waals surface area contributed by atoms with Gasteiger partial charge < -0.3 is 4.90 Å². The Morgan fingerprint density at radius 3 is 2.26 bits per heavy atom. The van der Waals surface area contributed by atoms with Crippen LogP contribution in [0.4, 0.5) is 0 Å². The van der Waals surface area contributed by atoms with Crippen molar-refractivity contribution in [3.05, 3.63) is 64.7 Å². The first-order valence-corrected chi connectivity index (χ1v) is 12.4. The first-order chi connectivity index (χ1) is 14.5. The van der Waals surface area contributed by atoms with E-state index in [1.165, 1.54) is 4.31 Å². The number of amides is 1. The van der Waals surface area contributed by atoms with Crippen LogP contribution in [0, 0.1) is 5.92 Å². The van der Waals surface area contributed by atoms with Crippen LogP contribution in [0.1, 0.15) is 44.7 Å². The molecule has 0 radical (unpaired) electrons. The van der Waals surface area contributed by atoms with E-state index >= 15 is 0 Å². The van der Waals surface area contributed by atoms with Crippen LogP contribution in [-0.2, 0) is 26.8 Å². The second kappa shape index (κ2) is 9.31. The Kier molecular flexibility index (Phi) is 7.14. The highest BCUT2D eigenvalue weighted by molar-refractivity contribution is 7.89. The van der Waals surface area contributed by atoms with Gasteiger partial charge in [-0.15, -0.1) is 0 Å². The van der Waals surface area contributed by atoms with E-state index in [0.717, 1.165) is 11.1 Å².